The van der Waals surface area contributed by atoms with E-state index >= 15 is 0 Å². The molecule has 0 unspecified atom stereocenters. The first-order valence-corrected chi connectivity index (χ1v) is 5.62. The van der Waals surface area contributed by atoms with Crippen molar-refractivity contribution in [2.24, 2.45) is 11.1 Å². The van der Waals surface area contributed by atoms with Gasteiger partial charge in [-0.3, -0.25) is 0 Å². The maximum Gasteiger partial charge on any atom is 0.105 e. The highest BCUT2D eigenvalue weighted by atomic mass is 32.1. The molecule has 0 atom stereocenters. The van der Waals surface area contributed by atoms with E-state index in [1.807, 2.05) is 19.3 Å². The van der Waals surface area contributed by atoms with E-state index in [0.717, 1.165) is 25.2 Å². The topological polar surface area (TPSA) is 43.8 Å². The summed E-state index contributed by atoms with van der Waals surface area (Å²) >= 11 is 5.03. The van der Waals surface area contributed by atoms with Crippen molar-refractivity contribution in [2.75, 3.05) is 0 Å². The van der Waals surface area contributed by atoms with Gasteiger partial charge >= 0.3 is 0 Å². The molecule has 15 heavy (non-hydrogen) atoms. The number of imidazole rings is 1. The Hall–Kier alpha value is -0.900. The Labute approximate surface area is 96.7 Å². The van der Waals surface area contributed by atoms with Crippen LogP contribution in [0, 0.1) is 12.3 Å². The van der Waals surface area contributed by atoms with E-state index < -0.39 is 0 Å². The van der Waals surface area contributed by atoms with Crippen LogP contribution in [0.1, 0.15) is 32.5 Å². The van der Waals surface area contributed by atoms with Crippen LogP contribution in [0.25, 0.3) is 0 Å². The summed E-state index contributed by atoms with van der Waals surface area (Å²) in [6.07, 6.45) is 5.92. The normalized spacial score (nSPS) is 11.7. The molecule has 1 rings (SSSR count). The van der Waals surface area contributed by atoms with E-state index in [1.54, 1.807) is 0 Å². The Morgan fingerprint density at radius 1 is 1.60 bits per heavy atom. The highest BCUT2D eigenvalue weighted by Crippen LogP contribution is 2.22. The second-order valence-corrected chi connectivity index (χ2v) is 4.96. The van der Waals surface area contributed by atoms with Crippen molar-refractivity contribution in [2.45, 2.75) is 40.2 Å². The van der Waals surface area contributed by atoms with Crippen LogP contribution in [0.2, 0.25) is 0 Å². The number of nitrogens with zero attached hydrogens (tertiary/aromatic N) is 2. The van der Waals surface area contributed by atoms with Crippen molar-refractivity contribution < 1.29 is 0 Å². The molecule has 1 aromatic rings. The summed E-state index contributed by atoms with van der Waals surface area (Å²) in [6, 6.07) is 0. The quantitative estimate of drug-likeness (QED) is 0.782. The zero-order chi connectivity index (χ0) is 11.5. The van der Waals surface area contributed by atoms with Crippen LogP contribution in [0.4, 0.5) is 0 Å². The predicted octanol–water partition coefficient (Wildman–Crippen LogP) is 2.28. The molecule has 0 spiro atoms. The lowest BCUT2D eigenvalue weighted by Gasteiger charge is -2.22. The largest absolute Gasteiger partial charge is 0.393 e. The summed E-state index contributed by atoms with van der Waals surface area (Å²) in [4.78, 5) is 4.78. The SMILES string of the molecule is Cc1nccn1CCCC(C)(C)C(N)=S. The zero-order valence-electron chi connectivity index (χ0n) is 9.66. The lowest BCUT2D eigenvalue weighted by atomic mass is 9.88. The van der Waals surface area contributed by atoms with Crippen molar-refractivity contribution in [1.82, 2.24) is 9.55 Å². The van der Waals surface area contributed by atoms with E-state index in [2.05, 4.69) is 23.4 Å². The Morgan fingerprint density at radius 3 is 2.73 bits per heavy atom. The molecule has 0 aromatic carbocycles. The van der Waals surface area contributed by atoms with E-state index in [1.165, 1.54) is 0 Å². The van der Waals surface area contributed by atoms with Gasteiger partial charge in [-0.15, -0.1) is 0 Å². The Bertz CT molecular complexity index is 341. The first-order chi connectivity index (χ1) is 6.93. The third kappa shape index (κ3) is 3.30. The van der Waals surface area contributed by atoms with Gasteiger partial charge in [-0.05, 0) is 19.8 Å². The van der Waals surface area contributed by atoms with Gasteiger partial charge in [0.1, 0.15) is 5.82 Å². The molecule has 2 N–H and O–H groups in total. The van der Waals surface area contributed by atoms with Gasteiger partial charge in [0, 0.05) is 24.4 Å². The lowest BCUT2D eigenvalue weighted by Crippen LogP contribution is -2.29. The number of rotatable bonds is 5. The smallest absolute Gasteiger partial charge is 0.105 e. The van der Waals surface area contributed by atoms with Gasteiger partial charge in [0.2, 0.25) is 0 Å². The molecule has 0 aliphatic rings. The molecule has 3 nitrogen and oxygen atoms in total. The average molecular weight is 225 g/mol. The Balaban J connectivity index is 2.40. The van der Waals surface area contributed by atoms with Crippen LogP contribution in [0.3, 0.4) is 0 Å². The number of aryl methyl sites for hydroxylation is 2. The molecule has 0 aliphatic carbocycles. The van der Waals surface area contributed by atoms with Crippen LogP contribution in [0.15, 0.2) is 12.4 Å². The van der Waals surface area contributed by atoms with Gasteiger partial charge in [0.05, 0.1) is 4.99 Å². The Morgan fingerprint density at radius 2 is 2.27 bits per heavy atom. The van der Waals surface area contributed by atoms with Crippen molar-refractivity contribution in [3.05, 3.63) is 18.2 Å². The van der Waals surface area contributed by atoms with Gasteiger partial charge in [-0.2, -0.15) is 0 Å². The van der Waals surface area contributed by atoms with Crippen LogP contribution >= 0.6 is 12.2 Å². The molecule has 0 fully saturated rings. The summed E-state index contributed by atoms with van der Waals surface area (Å²) in [5.74, 6) is 1.06. The predicted molar refractivity (Wildman–Crippen MR) is 66.8 cm³/mol. The molecule has 0 saturated carbocycles. The summed E-state index contributed by atoms with van der Waals surface area (Å²) in [5.41, 5.74) is 5.63. The maximum atomic E-state index is 5.67. The molecule has 1 aromatic heterocycles. The van der Waals surface area contributed by atoms with Gasteiger partial charge < -0.3 is 10.3 Å². The summed E-state index contributed by atoms with van der Waals surface area (Å²) < 4.78 is 2.15. The molecule has 84 valence electrons. The number of thiocarbonyl (C=S) groups is 1. The lowest BCUT2D eigenvalue weighted by molar-refractivity contribution is 0.434. The fraction of sp³-hybridized carbons (Fsp3) is 0.636. The van der Waals surface area contributed by atoms with Crippen LogP contribution in [-0.2, 0) is 6.54 Å². The molecule has 0 bridgehead atoms. The highest BCUT2D eigenvalue weighted by Gasteiger charge is 2.20. The number of hydrogen-bond donors (Lipinski definition) is 1. The molecule has 1 heterocycles. The average Bonchev–Trinajstić information content (AvgIpc) is 2.51. The van der Waals surface area contributed by atoms with Crippen molar-refractivity contribution in [1.29, 1.82) is 0 Å². The molecule has 4 heteroatoms. The van der Waals surface area contributed by atoms with Gasteiger partial charge in [-0.25, -0.2) is 4.98 Å². The van der Waals surface area contributed by atoms with Crippen molar-refractivity contribution in [3.63, 3.8) is 0 Å². The minimum absolute atomic E-state index is 0.0379. The number of nitrogens with two attached hydrogens (primary N) is 1. The molecule has 0 radical (unpaired) electrons. The fourth-order valence-corrected chi connectivity index (χ4v) is 1.56. The third-order valence-corrected chi connectivity index (χ3v) is 3.34. The highest BCUT2D eigenvalue weighted by molar-refractivity contribution is 7.80. The standard InChI is InChI=1S/C11H19N3S/c1-9-13-6-8-14(9)7-4-5-11(2,3)10(12)15/h6,8H,4-5,7H2,1-3H3,(H2,12,15). The van der Waals surface area contributed by atoms with Crippen molar-refractivity contribution >= 4 is 17.2 Å². The molecular weight excluding hydrogens is 206 g/mol. The molecule has 0 amide bonds. The van der Waals surface area contributed by atoms with Gasteiger partial charge in [-0.1, -0.05) is 26.1 Å². The zero-order valence-corrected chi connectivity index (χ0v) is 10.5. The minimum atomic E-state index is -0.0379. The molecule has 0 saturated heterocycles. The van der Waals surface area contributed by atoms with Gasteiger partial charge in [0.15, 0.2) is 0 Å². The van der Waals surface area contributed by atoms with E-state index in [4.69, 9.17) is 18.0 Å². The molecule has 0 aliphatic heterocycles. The maximum absolute atomic E-state index is 5.67. The second-order valence-electron chi connectivity index (χ2n) is 4.52. The fourth-order valence-electron chi connectivity index (χ4n) is 1.45. The van der Waals surface area contributed by atoms with Crippen molar-refractivity contribution in [3.8, 4) is 0 Å². The summed E-state index contributed by atoms with van der Waals surface area (Å²) in [5, 5.41) is 0. The van der Waals surface area contributed by atoms with Crippen LogP contribution in [-0.4, -0.2) is 14.5 Å². The third-order valence-electron chi connectivity index (χ3n) is 2.79. The monoisotopic (exact) mass is 225 g/mol. The summed E-state index contributed by atoms with van der Waals surface area (Å²) in [7, 11) is 0. The number of aromatic nitrogens is 2. The van der Waals surface area contributed by atoms with E-state index in [-0.39, 0.29) is 5.41 Å². The Kier molecular flexibility index (Phi) is 3.85. The van der Waals surface area contributed by atoms with E-state index in [9.17, 15) is 0 Å². The number of hydrogen-bond acceptors (Lipinski definition) is 2. The summed E-state index contributed by atoms with van der Waals surface area (Å²) in [6.45, 7) is 7.18. The second kappa shape index (κ2) is 4.75. The first kappa shape index (κ1) is 12.2. The van der Waals surface area contributed by atoms with E-state index in [0.29, 0.717) is 4.99 Å². The molecular formula is C11H19N3S. The first-order valence-electron chi connectivity index (χ1n) is 5.21. The van der Waals surface area contributed by atoms with Crippen LogP contribution < -0.4 is 5.73 Å². The van der Waals surface area contributed by atoms with Gasteiger partial charge in [0.25, 0.3) is 0 Å². The minimum Gasteiger partial charge on any atom is -0.393 e. The van der Waals surface area contributed by atoms with Crippen LogP contribution in [0.5, 0.6) is 0 Å².